The maximum absolute atomic E-state index is 13.9. The smallest absolute Gasteiger partial charge is 0.278 e. The van der Waals surface area contributed by atoms with E-state index in [0.29, 0.717) is 55.4 Å². The number of aliphatic hydroxyl groups excluding tert-OH is 1. The molecule has 4 aromatic rings. The molecule has 254 valence electrons. The number of aromatic nitrogens is 3. The normalized spacial score (nSPS) is 18.2. The summed E-state index contributed by atoms with van der Waals surface area (Å²) < 4.78 is 1.94. The minimum absolute atomic E-state index is 0.0484. The lowest BCUT2D eigenvalue weighted by molar-refractivity contribution is -0.119. The third-order valence-electron chi connectivity index (χ3n) is 9.43. The van der Waals surface area contributed by atoms with Gasteiger partial charge in [-0.25, -0.2) is 0 Å². The average Bonchev–Trinajstić information content (AvgIpc) is 3.87. The summed E-state index contributed by atoms with van der Waals surface area (Å²) in [5, 5.41) is 26.7. The van der Waals surface area contributed by atoms with Crippen LogP contribution in [0.5, 0.6) is 0 Å². The van der Waals surface area contributed by atoms with Crippen LogP contribution < -0.4 is 26.2 Å². The first-order valence-electron chi connectivity index (χ1n) is 16.8. The Labute approximate surface area is 289 Å². The third kappa shape index (κ3) is 6.95. The number of carbonyl (C=O) groups is 3. The van der Waals surface area contributed by atoms with Gasteiger partial charge in [0.1, 0.15) is 5.69 Å². The van der Waals surface area contributed by atoms with Crippen molar-refractivity contribution in [1.29, 1.82) is 0 Å². The SMILES string of the molecule is O=C1CC[C@@H](CNC2CCCn3nc(C(=O)N4CCc5c(-c6cccc(NC(=O)c7ccc(CNCCO)cn7)c6Cl)cccc54)cc32)N1. The summed E-state index contributed by atoms with van der Waals surface area (Å²) in [5.74, 6) is -0.423. The van der Waals surface area contributed by atoms with Crippen molar-refractivity contribution in [2.75, 3.05) is 36.5 Å². The van der Waals surface area contributed by atoms with Gasteiger partial charge >= 0.3 is 0 Å². The monoisotopic (exact) mass is 682 g/mol. The highest BCUT2D eigenvalue weighted by Crippen LogP contribution is 2.41. The van der Waals surface area contributed by atoms with Crippen molar-refractivity contribution in [3.05, 3.63) is 94.0 Å². The van der Waals surface area contributed by atoms with Crippen molar-refractivity contribution in [2.45, 2.75) is 57.3 Å². The summed E-state index contributed by atoms with van der Waals surface area (Å²) in [6, 6.07) is 17.0. The highest BCUT2D eigenvalue weighted by atomic mass is 35.5. The van der Waals surface area contributed by atoms with Gasteiger partial charge in [-0.2, -0.15) is 5.10 Å². The van der Waals surface area contributed by atoms with Crippen LogP contribution in [0.4, 0.5) is 11.4 Å². The fraction of sp³-hybridized carbons (Fsp3) is 0.361. The number of nitrogens with zero attached hydrogens (tertiary/aromatic N) is 4. The van der Waals surface area contributed by atoms with Crippen LogP contribution in [0.1, 0.15) is 69.5 Å². The van der Waals surface area contributed by atoms with Crippen molar-refractivity contribution in [3.8, 4) is 11.1 Å². The van der Waals surface area contributed by atoms with E-state index in [1.165, 1.54) is 0 Å². The summed E-state index contributed by atoms with van der Waals surface area (Å²) in [6.07, 6.45) is 5.59. The van der Waals surface area contributed by atoms with E-state index in [1.54, 1.807) is 23.2 Å². The predicted molar refractivity (Wildman–Crippen MR) is 187 cm³/mol. The molecular formula is C36H39ClN8O4. The lowest BCUT2D eigenvalue weighted by atomic mass is 9.97. The maximum atomic E-state index is 13.9. The van der Waals surface area contributed by atoms with Crippen LogP contribution in [-0.4, -0.2) is 69.9 Å². The number of benzene rings is 2. The molecule has 0 bridgehead atoms. The van der Waals surface area contributed by atoms with E-state index in [-0.39, 0.29) is 42.1 Å². The molecular weight excluding hydrogens is 644 g/mol. The number of hydrogen-bond acceptors (Lipinski definition) is 8. The first-order valence-corrected chi connectivity index (χ1v) is 17.2. The zero-order valence-corrected chi connectivity index (χ0v) is 27.8. The molecule has 7 rings (SSSR count). The van der Waals surface area contributed by atoms with Crippen LogP contribution in [0.15, 0.2) is 60.8 Å². The van der Waals surface area contributed by atoms with E-state index in [4.69, 9.17) is 21.8 Å². The van der Waals surface area contributed by atoms with Gasteiger partial charge in [0.05, 0.1) is 23.0 Å². The number of aliphatic hydroxyl groups is 1. The molecule has 0 aliphatic carbocycles. The van der Waals surface area contributed by atoms with E-state index in [1.807, 2.05) is 47.1 Å². The number of amides is 3. The topological polar surface area (TPSA) is 154 Å². The zero-order valence-electron chi connectivity index (χ0n) is 27.0. The summed E-state index contributed by atoms with van der Waals surface area (Å²) >= 11 is 6.93. The zero-order chi connectivity index (χ0) is 33.9. The van der Waals surface area contributed by atoms with Gasteiger partial charge in [0.2, 0.25) is 5.91 Å². The predicted octanol–water partition coefficient (Wildman–Crippen LogP) is 3.84. The van der Waals surface area contributed by atoms with Gasteiger partial charge in [-0.15, -0.1) is 0 Å². The van der Waals surface area contributed by atoms with Gasteiger partial charge < -0.3 is 31.3 Å². The molecule has 13 heteroatoms. The molecule has 0 radical (unpaired) electrons. The Bertz CT molecular complexity index is 1880. The van der Waals surface area contributed by atoms with Crippen molar-refractivity contribution in [2.24, 2.45) is 0 Å². The Kier molecular flexibility index (Phi) is 9.72. The van der Waals surface area contributed by atoms with E-state index in [0.717, 1.165) is 59.4 Å². The first kappa shape index (κ1) is 32.9. The third-order valence-corrected chi connectivity index (χ3v) is 9.84. The molecule has 1 saturated heterocycles. The summed E-state index contributed by atoms with van der Waals surface area (Å²) in [5.41, 5.74) is 6.53. The average molecular weight is 683 g/mol. The Morgan fingerprint density at radius 3 is 2.67 bits per heavy atom. The summed E-state index contributed by atoms with van der Waals surface area (Å²) in [4.78, 5) is 44.7. The number of anilines is 2. The minimum atomic E-state index is -0.380. The molecule has 2 aromatic heterocycles. The van der Waals surface area contributed by atoms with Crippen LogP contribution in [0.25, 0.3) is 11.1 Å². The fourth-order valence-corrected chi connectivity index (χ4v) is 7.22. The van der Waals surface area contributed by atoms with Crippen LogP contribution in [0.3, 0.4) is 0 Å². The highest BCUT2D eigenvalue weighted by Gasteiger charge is 2.32. The minimum Gasteiger partial charge on any atom is -0.395 e. The van der Waals surface area contributed by atoms with E-state index < -0.39 is 0 Å². The van der Waals surface area contributed by atoms with E-state index >= 15 is 0 Å². The van der Waals surface area contributed by atoms with Gasteiger partial charge in [-0.3, -0.25) is 24.0 Å². The molecule has 12 nitrogen and oxygen atoms in total. The molecule has 3 aliphatic heterocycles. The van der Waals surface area contributed by atoms with Crippen LogP contribution >= 0.6 is 11.6 Å². The Morgan fingerprint density at radius 1 is 1.02 bits per heavy atom. The van der Waals surface area contributed by atoms with Crippen LogP contribution in [0.2, 0.25) is 5.02 Å². The van der Waals surface area contributed by atoms with Crippen LogP contribution in [0, 0.1) is 0 Å². The number of hydrogen-bond donors (Lipinski definition) is 5. The number of pyridine rings is 1. The second-order valence-corrected chi connectivity index (χ2v) is 13.0. The lowest BCUT2D eigenvalue weighted by Gasteiger charge is -2.25. The number of nitrogens with one attached hydrogen (secondary N) is 4. The molecule has 2 atom stereocenters. The number of carbonyl (C=O) groups excluding carboxylic acids is 3. The standard InChI is InChI=1S/C36H39ClN8O4/c37-34-26(5-1-6-28(34)42-35(48)29-11-9-22(20-39-29)19-38-14-17-46)24-4-2-8-31-25(24)13-16-44(31)36(49)30-18-32-27(7-3-15-45(32)43-30)40-21-23-10-12-33(47)41-23/h1-2,4-6,8-9,11,18,20,23,27,38,40,46H,3,7,10,12-17,19,21H2,(H,41,47)(H,42,48)/t23-,27?/m0/s1. The van der Waals surface area contributed by atoms with Gasteiger partial charge in [-0.1, -0.05) is 41.9 Å². The molecule has 0 saturated carbocycles. The number of aryl methyl sites for hydroxylation is 1. The van der Waals surface area contributed by atoms with Crippen molar-refractivity contribution >= 4 is 40.7 Å². The number of halogens is 1. The Morgan fingerprint density at radius 2 is 1.88 bits per heavy atom. The molecule has 5 N–H and O–H groups in total. The van der Waals surface area contributed by atoms with Gasteiger partial charge in [0.25, 0.3) is 11.8 Å². The molecule has 3 amide bonds. The molecule has 0 spiro atoms. The summed E-state index contributed by atoms with van der Waals surface area (Å²) in [6.45, 7) is 3.03. The van der Waals surface area contributed by atoms with Crippen molar-refractivity contribution < 1.29 is 19.5 Å². The summed E-state index contributed by atoms with van der Waals surface area (Å²) in [7, 11) is 0. The van der Waals surface area contributed by atoms with Crippen LogP contribution in [-0.2, 0) is 24.3 Å². The van der Waals surface area contributed by atoms with Crippen molar-refractivity contribution in [1.82, 2.24) is 30.7 Å². The van der Waals surface area contributed by atoms with E-state index in [9.17, 15) is 14.4 Å². The first-order chi connectivity index (χ1) is 23.9. The highest BCUT2D eigenvalue weighted by molar-refractivity contribution is 6.36. The van der Waals surface area contributed by atoms with E-state index in [2.05, 4.69) is 26.3 Å². The van der Waals surface area contributed by atoms with Gasteiger partial charge in [0, 0.05) is 68.7 Å². The quantitative estimate of drug-likeness (QED) is 0.150. The molecule has 1 fully saturated rings. The molecule has 1 unspecified atom stereocenters. The molecule has 49 heavy (non-hydrogen) atoms. The Balaban J connectivity index is 1.06. The molecule has 2 aromatic carbocycles. The van der Waals surface area contributed by atoms with Gasteiger partial charge in [0.15, 0.2) is 5.69 Å². The maximum Gasteiger partial charge on any atom is 0.278 e. The largest absolute Gasteiger partial charge is 0.395 e. The number of rotatable bonds is 11. The lowest BCUT2D eigenvalue weighted by Crippen LogP contribution is -2.38. The Hall–Kier alpha value is -4.62. The fourth-order valence-electron chi connectivity index (χ4n) is 6.94. The second kappa shape index (κ2) is 14.5. The number of fused-ring (bicyclic) bond motifs is 2. The molecule has 3 aliphatic rings. The molecule has 5 heterocycles. The van der Waals surface area contributed by atoms with Crippen molar-refractivity contribution in [3.63, 3.8) is 0 Å². The second-order valence-electron chi connectivity index (χ2n) is 12.7. The van der Waals surface area contributed by atoms with Gasteiger partial charge in [-0.05, 0) is 66.6 Å².